The first-order valence-electron chi connectivity index (χ1n) is 48.4. The molecule has 0 saturated heterocycles. The van der Waals surface area contributed by atoms with Gasteiger partial charge in [0.1, 0.15) is 22.3 Å². The Morgan fingerprint density at radius 1 is 0.237 bits per heavy atom. The summed E-state index contributed by atoms with van der Waals surface area (Å²) in [4.78, 5) is 2.58. The highest BCUT2D eigenvalue weighted by Crippen LogP contribution is 2.68. The van der Waals surface area contributed by atoms with Gasteiger partial charge in [-0.15, -0.1) is 0 Å². The molecule has 17 aromatic carbocycles. The molecule has 0 radical (unpaired) electrons. The van der Waals surface area contributed by atoms with E-state index in [1.54, 1.807) is 11.1 Å². The number of benzene rings is 17. The molecule has 0 amide bonds. The fraction of sp³-hybridized carbons (Fsp3) is 0.203. The maximum atomic E-state index is 7.24. The van der Waals surface area contributed by atoms with Gasteiger partial charge in [-0.1, -0.05) is 393 Å². The highest BCUT2D eigenvalue weighted by molar-refractivity contribution is 6.21. The largest absolute Gasteiger partial charge is 0.456 e. The molecule has 2 aromatic heterocycles. The Morgan fingerprint density at radius 3 is 1.23 bits per heavy atom. The van der Waals surface area contributed by atoms with Crippen molar-refractivity contribution in [2.45, 2.75) is 165 Å². The summed E-state index contributed by atoms with van der Waals surface area (Å²) in [5.41, 5.74) is 45.9. The summed E-state index contributed by atoms with van der Waals surface area (Å²) in [5.74, 6) is 0. The smallest absolute Gasteiger partial charge is 0.144 e. The van der Waals surface area contributed by atoms with Gasteiger partial charge in [-0.05, 0) is 270 Å². The number of nitrogens with zero attached hydrogens (tertiary/aromatic N) is 1. The summed E-state index contributed by atoms with van der Waals surface area (Å²) in [6.07, 6.45) is 15.3. The predicted octanol–water partition coefficient (Wildman–Crippen LogP) is 34.9. The van der Waals surface area contributed by atoms with Crippen LogP contribution in [0.15, 0.2) is 367 Å². The van der Waals surface area contributed by atoms with Crippen LogP contribution in [0.5, 0.6) is 0 Å². The average molecular weight is 1690 g/mol. The first-order valence-corrected chi connectivity index (χ1v) is 48.4. The quantitative estimate of drug-likeness (QED) is 0.0672. The van der Waals surface area contributed by atoms with Crippen molar-refractivity contribution in [1.82, 2.24) is 0 Å². The Kier molecular flexibility index (Phi) is 18.1. The van der Waals surface area contributed by atoms with E-state index in [1.165, 1.54) is 249 Å². The molecule has 6 aliphatic rings. The summed E-state index contributed by atoms with van der Waals surface area (Å²) in [5, 5.41) is 4.61. The summed E-state index contributed by atoms with van der Waals surface area (Å²) >= 11 is 0. The number of para-hydroxylation sites is 2. The maximum absolute atomic E-state index is 7.24. The molecule has 0 atom stereocenters. The zero-order valence-electron chi connectivity index (χ0n) is 76.3. The second-order valence-electron chi connectivity index (χ2n) is 40.2. The van der Waals surface area contributed by atoms with E-state index in [2.05, 4.69) is 418 Å². The molecular weight excluding hydrogens is 1580 g/mol. The molecule has 2 heterocycles. The van der Waals surface area contributed by atoms with E-state index in [4.69, 9.17) is 8.83 Å². The van der Waals surface area contributed by atoms with Crippen LogP contribution >= 0.6 is 0 Å². The Balaban J connectivity index is 0.657. The van der Waals surface area contributed by atoms with Crippen LogP contribution in [0.2, 0.25) is 0 Å². The third-order valence-electron chi connectivity index (χ3n) is 32.3. The van der Waals surface area contributed by atoms with Crippen molar-refractivity contribution < 1.29 is 8.83 Å². The Morgan fingerprint density at radius 2 is 0.634 bits per heavy atom. The molecule has 0 N–H and O–H groups in total. The molecule has 636 valence electrons. The normalized spacial score (nSPS) is 15.5. The molecule has 0 fully saturated rings. The molecule has 0 bridgehead atoms. The summed E-state index contributed by atoms with van der Waals surface area (Å²) < 4.78 is 14.2. The van der Waals surface area contributed by atoms with Gasteiger partial charge in [-0.3, -0.25) is 0 Å². The van der Waals surface area contributed by atoms with Crippen molar-refractivity contribution in [2.24, 2.45) is 0 Å². The SMILES string of the molecule is CCCCCCCC1(CCCCCCC)c2ccccc2-c2ccc(-c3ccc4c(c3)C(C)(C)c3cc(-c5ccc(N(c6ccc7c(c6)C(C)(C)c6c8c(c9oc%10ccccc%10c9c6-7)-c6ccccc6C8(C)C)c6ccc7c(c6)C(c6ccccc6)(c6ccccc6)c6cc8c(cc6-7)C(c6ccccc6)(c6ccccc6)c6ccc7oc9ccccc9c7c6-8)cc5)ccc3-4)cc21. The van der Waals surface area contributed by atoms with Crippen LogP contribution in [0.3, 0.4) is 0 Å². The molecule has 3 heteroatoms. The molecular formula is C128H107NO2. The maximum Gasteiger partial charge on any atom is 0.144 e. The van der Waals surface area contributed by atoms with E-state index in [-0.39, 0.29) is 16.2 Å². The van der Waals surface area contributed by atoms with Crippen molar-refractivity contribution in [3.8, 4) is 89.0 Å². The monoisotopic (exact) mass is 1690 g/mol. The van der Waals surface area contributed by atoms with Gasteiger partial charge >= 0.3 is 0 Å². The van der Waals surface area contributed by atoms with Crippen LogP contribution in [0.4, 0.5) is 17.1 Å². The van der Waals surface area contributed by atoms with E-state index in [0.717, 1.165) is 55.6 Å². The predicted molar refractivity (Wildman–Crippen MR) is 547 cm³/mol. The number of furan rings is 2. The van der Waals surface area contributed by atoms with E-state index in [1.807, 2.05) is 0 Å². The zero-order chi connectivity index (χ0) is 88.0. The lowest BCUT2D eigenvalue weighted by molar-refractivity contribution is 0.399. The van der Waals surface area contributed by atoms with Gasteiger partial charge in [-0.25, -0.2) is 0 Å². The summed E-state index contributed by atoms with van der Waals surface area (Å²) in [7, 11) is 0. The van der Waals surface area contributed by atoms with E-state index >= 15 is 0 Å². The lowest BCUT2D eigenvalue weighted by Gasteiger charge is -2.36. The van der Waals surface area contributed by atoms with Crippen LogP contribution in [0.1, 0.15) is 221 Å². The van der Waals surface area contributed by atoms with Gasteiger partial charge in [-0.2, -0.15) is 0 Å². The summed E-state index contributed by atoms with van der Waals surface area (Å²) in [6.45, 7) is 19.5. The molecule has 6 aliphatic carbocycles. The number of anilines is 3. The summed E-state index contributed by atoms with van der Waals surface area (Å²) in [6, 6.07) is 138. The van der Waals surface area contributed by atoms with E-state index in [9.17, 15) is 0 Å². The van der Waals surface area contributed by atoms with Crippen LogP contribution in [0, 0.1) is 0 Å². The first kappa shape index (κ1) is 79.3. The van der Waals surface area contributed by atoms with Crippen molar-refractivity contribution in [3.63, 3.8) is 0 Å². The molecule has 25 rings (SSSR count). The van der Waals surface area contributed by atoms with Crippen LogP contribution in [0.25, 0.3) is 133 Å². The minimum atomic E-state index is -0.819. The fourth-order valence-electron chi connectivity index (χ4n) is 26.3. The second kappa shape index (κ2) is 29.8. The second-order valence-corrected chi connectivity index (χ2v) is 40.2. The number of hydrogen-bond donors (Lipinski definition) is 0. The fourth-order valence-corrected chi connectivity index (χ4v) is 26.3. The van der Waals surface area contributed by atoms with E-state index < -0.39 is 16.2 Å². The molecule has 0 spiro atoms. The molecule has 0 unspecified atom stereocenters. The van der Waals surface area contributed by atoms with Crippen LogP contribution in [-0.2, 0) is 32.5 Å². The molecule has 131 heavy (non-hydrogen) atoms. The minimum absolute atomic E-state index is 0.0143. The minimum Gasteiger partial charge on any atom is -0.456 e. The van der Waals surface area contributed by atoms with Crippen molar-refractivity contribution in [3.05, 3.63) is 447 Å². The van der Waals surface area contributed by atoms with Crippen molar-refractivity contribution in [1.29, 1.82) is 0 Å². The van der Waals surface area contributed by atoms with E-state index in [0.29, 0.717) is 0 Å². The Labute approximate surface area is 770 Å². The van der Waals surface area contributed by atoms with Crippen molar-refractivity contribution in [2.75, 3.05) is 4.90 Å². The average Bonchev–Trinajstić information content (AvgIpc) is 1.51. The van der Waals surface area contributed by atoms with Gasteiger partial charge in [0.2, 0.25) is 0 Å². The molecule has 0 saturated carbocycles. The molecule has 19 aromatic rings. The Bertz CT molecular complexity index is 7790. The lowest BCUT2D eigenvalue weighted by atomic mass is 9.66. The molecule has 0 aliphatic heterocycles. The number of hydrogen-bond acceptors (Lipinski definition) is 3. The van der Waals surface area contributed by atoms with Gasteiger partial charge in [0.05, 0.1) is 10.8 Å². The third kappa shape index (κ3) is 11.3. The first-order chi connectivity index (χ1) is 64.2. The van der Waals surface area contributed by atoms with Gasteiger partial charge in [0, 0.05) is 65.8 Å². The standard InChI is InChI=1S/C128H107NO2/c1-9-11-13-15-37-71-126(72-38-16-14-12-10-2)103-52-34-29-47-91(103)94-66-59-83(75-108(94)126)82-58-65-93-92-64-57-81(73-105(92)123(3,4)106(93)74-82)80-55-60-88(61-56-80)129(89-63-68-97-107(76-89)125(7,8)120-117(97)118-99-50-32-36-54-113(99)131-122(118)119-96-48-30-33-51-102(96)124(5,6)121(119)120)90-62-67-95-100-78-111-101(79-110(100)128(109(95)77-90,86-43-25-19-26-44-86)87-45-27-20-28-46-87)115-104(69-70-114-116(115)98-49-31-35-53-112(98)130-114)127(111,84-39-21-17-22-40-84)85-41-23-18-24-42-85/h17-36,39-70,73-79H,9-16,37-38,71-72H2,1-8H3. The lowest BCUT2D eigenvalue weighted by Crippen LogP contribution is -2.30. The van der Waals surface area contributed by atoms with Crippen LogP contribution in [-0.4, -0.2) is 0 Å². The van der Waals surface area contributed by atoms with Gasteiger partial charge in [0.25, 0.3) is 0 Å². The highest BCUT2D eigenvalue weighted by atomic mass is 16.3. The number of rotatable bonds is 21. The van der Waals surface area contributed by atoms with Gasteiger partial charge in [0.15, 0.2) is 0 Å². The van der Waals surface area contributed by atoms with Gasteiger partial charge < -0.3 is 13.7 Å². The third-order valence-corrected chi connectivity index (χ3v) is 32.3. The topological polar surface area (TPSA) is 29.5 Å². The number of unbranched alkanes of at least 4 members (excludes halogenated alkanes) is 8. The Hall–Kier alpha value is -13.9. The number of fused-ring (bicyclic) bond motifs is 28. The zero-order valence-corrected chi connectivity index (χ0v) is 76.3. The molecule has 3 nitrogen and oxygen atoms in total. The highest BCUT2D eigenvalue weighted by Gasteiger charge is 2.55. The van der Waals surface area contributed by atoms with Crippen molar-refractivity contribution >= 4 is 60.9 Å². The van der Waals surface area contributed by atoms with Crippen LogP contribution < -0.4 is 4.90 Å².